The Morgan fingerprint density at radius 2 is 1.52 bits per heavy atom. The summed E-state index contributed by atoms with van der Waals surface area (Å²) >= 11 is 18.7. The fourth-order valence-electron chi connectivity index (χ4n) is 4.08. The van der Waals surface area contributed by atoms with Crippen LogP contribution in [-0.4, -0.2) is 50.0 Å². The second-order valence-corrected chi connectivity index (χ2v) is 12.6. The van der Waals surface area contributed by atoms with Gasteiger partial charge in [0.25, 0.3) is 0 Å². The normalized spacial score (nSPS) is 12.8. The number of sulfonamides is 1. The molecule has 0 saturated heterocycles. The van der Waals surface area contributed by atoms with Crippen molar-refractivity contribution in [1.29, 1.82) is 0 Å². The van der Waals surface area contributed by atoms with Crippen LogP contribution in [-0.2, 0) is 32.6 Å². The van der Waals surface area contributed by atoms with E-state index >= 15 is 0 Å². The summed E-state index contributed by atoms with van der Waals surface area (Å²) < 4.78 is 26.6. The highest BCUT2D eigenvalue weighted by molar-refractivity contribution is 7.92. The van der Waals surface area contributed by atoms with Gasteiger partial charge in [0, 0.05) is 19.0 Å². The molecule has 2 amide bonds. The molecule has 0 radical (unpaired) electrons. The number of carbonyl (C=O) groups excluding carboxylic acids is 2. The minimum Gasteiger partial charge on any atom is -0.352 e. The van der Waals surface area contributed by atoms with E-state index in [0.717, 1.165) is 16.1 Å². The Morgan fingerprint density at radius 3 is 2.12 bits per heavy atom. The summed E-state index contributed by atoms with van der Waals surface area (Å²) in [7, 11) is -3.92. The van der Waals surface area contributed by atoms with E-state index in [0.29, 0.717) is 22.0 Å². The predicted octanol–water partition coefficient (Wildman–Crippen LogP) is 5.97. The lowest BCUT2D eigenvalue weighted by molar-refractivity contribution is -0.140. The second kappa shape index (κ2) is 14.2. The monoisotopic (exact) mass is 623 g/mol. The zero-order valence-electron chi connectivity index (χ0n) is 22.5. The third kappa shape index (κ3) is 8.61. The van der Waals surface area contributed by atoms with Crippen molar-refractivity contribution in [2.75, 3.05) is 17.1 Å². The molecule has 0 aliphatic rings. The van der Waals surface area contributed by atoms with Crippen LogP contribution in [0.2, 0.25) is 15.1 Å². The van der Waals surface area contributed by atoms with Gasteiger partial charge in [0.1, 0.15) is 12.6 Å². The summed E-state index contributed by atoms with van der Waals surface area (Å²) in [5, 5.41) is 3.80. The molecule has 3 aromatic rings. The molecule has 3 aromatic carbocycles. The van der Waals surface area contributed by atoms with Crippen molar-refractivity contribution in [3.8, 4) is 0 Å². The third-order valence-electron chi connectivity index (χ3n) is 6.41. The number of hydrogen-bond acceptors (Lipinski definition) is 4. The molecule has 0 aliphatic carbocycles. The molecule has 40 heavy (non-hydrogen) atoms. The summed E-state index contributed by atoms with van der Waals surface area (Å²) in [6.07, 6.45) is 1.91. The average molecular weight is 625 g/mol. The van der Waals surface area contributed by atoms with Crippen LogP contribution in [0, 0.1) is 0 Å². The first-order valence-electron chi connectivity index (χ1n) is 12.7. The van der Waals surface area contributed by atoms with E-state index in [-0.39, 0.29) is 35.6 Å². The van der Waals surface area contributed by atoms with Gasteiger partial charge in [-0.1, -0.05) is 90.3 Å². The molecular formula is C29H32Cl3N3O4S. The second-order valence-electron chi connectivity index (χ2n) is 9.51. The smallest absolute Gasteiger partial charge is 0.244 e. The standard InChI is InChI=1S/C29H32Cl3N3O4S/c1-4-20(2)33-29(37)27(17-21-10-6-5-7-11-21)34(18-22-14-15-23(30)25(32)16-22)28(36)19-35(40(3,38)39)26-13-9-8-12-24(26)31/h5-16,20,27H,4,17-19H2,1-3H3,(H,33,37)/t20-,27-/m1/s1. The maximum Gasteiger partial charge on any atom is 0.244 e. The highest BCUT2D eigenvalue weighted by Gasteiger charge is 2.34. The Morgan fingerprint density at radius 1 is 0.875 bits per heavy atom. The number of amides is 2. The molecule has 0 bridgehead atoms. The van der Waals surface area contributed by atoms with Crippen LogP contribution in [0.5, 0.6) is 0 Å². The Kier molecular flexibility index (Phi) is 11.3. The Balaban J connectivity index is 2.09. The summed E-state index contributed by atoms with van der Waals surface area (Å²) in [6, 6.07) is 19.5. The van der Waals surface area contributed by atoms with Crippen LogP contribution >= 0.6 is 34.8 Å². The maximum atomic E-state index is 14.1. The molecule has 11 heteroatoms. The minimum atomic E-state index is -3.92. The van der Waals surface area contributed by atoms with E-state index in [1.54, 1.807) is 36.4 Å². The van der Waals surface area contributed by atoms with E-state index in [1.165, 1.54) is 11.0 Å². The molecule has 0 heterocycles. The molecule has 7 nitrogen and oxygen atoms in total. The Hall–Kier alpha value is -2.78. The predicted molar refractivity (Wildman–Crippen MR) is 162 cm³/mol. The number of carbonyl (C=O) groups is 2. The molecule has 1 N–H and O–H groups in total. The quantitative estimate of drug-likeness (QED) is 0.269. The first-order chi connectivity index (χ1) is 18.9. The molecule has 0 unspecified atom stereocenters. The van der Waals surface area contributed by atoms with E-state index < -0.39 is 28.5 Å². The number of nitrogens with zero attached hydrogens (tertiary/aromatic N) is 2. The molecular weight excluding hydrogens is 593 g/mol. The summed E-state index contributed by atoms with van der Waals surface area (Å²) in [5.41, 5.74) is 1.63. The largest absolute Gasteiger partial charge is 0.352 e. The van der Waals surface area contributed by atoms with E-state index in [4.69, 9.17) is 34.8 Å². The first-order valence-corrected chi connectivity index (χ1v) is 15.7. The zero-order valence-corrected chi connectivity index (χ0v) is 25.6. The molecule has 3 rings (SSSR count). The molecule has 2 atom stereocenters. The van der Waals surface area contributed by atoms with Gasteiger partial charge >= 0.3 is 0 Å². The first kappa shape index (κ1) is 31.7. The van der Waals surface area contributed by atoms with Crippen molar-refractivity contribution in [1.82, 2.24) is 10.2 Å². The Labute approximate surface area is 251 Å². The van der Waals surface area contributed by atoms with E-state index in [2.05, 4.69) is 5.32 Å². The van der Waals surface area contributed by atoms with Crippen LogP contribution in [0.25, 0.3) is 0 Å². The van der Waals surface area contributed by atoms with Crippen molar-refractivity contribution >= 4 is 62.3 Å². The Bertz CT molecular complexity index is 1440. The average Bonchev–Trinajstić information content (AvgIpc) is 2.91. The number of hydrogen-bond donors (Lipinski definition) is 1. The SMILES string of the molecule is CC[C@@H](C)NC(=O)[C@@H](Cc1ccccc1)N(Cc1ccc(Cl)c(Cl)c1)C(=O)CN(c1ccccc1Cl)S(C)(=O)=O. The van der Waals surface area contributed by atoms with E-state index in [9.17, 15) is 18.0 Å². The minimum absolute atomic E-state index is 0.0126. The van der Waals surface area contributed by atoms with Gasteiger partial charge in [-0.25, -0.2) is 8.42 Å². The summed E-state index contributed by atoms with van der Waals surface area (Å²) in [4.78, 5) is 29.1. The van der Waals surface area contributed by atoms with Gasteiger partial charge in [0.05, 0.1) is 27.0 Å². The lowest BCUT2D eigenvalue weighted by atomic mass is 10.0. The fourth-order valence-corrected chi connectivity index (χ4v) is 5.55. The number of anilines is 1. The molecule has 0 aromatic heterocycles. The van der Waals surface area contributed by atoms with Crippen molar-refractivity contribution in [3.05, 3.63) is 99.0 Å². The number of halogens is 3. The van der Waals surface area contributed by atoms with Crippen molar-refractivity contribution < 1.29 is 18.0 Å². The highest BCUT2D eigenvalue weighted by atomic mass is 35.5. The number of benzene rings is 3. The van der Waals surface area contributed by atoms with Gasteiger partial charge in [-0.15, -0.1) is 0 Å². The molecule has 0 saturated carbocycles. The molecule has 0 fully saturated rings. The van der Waals surface area contributed by atoms with Crippen LogP contribution in [0.3, 0.4) is 0 Å². The van der Waals surface area contributed by atoms with Crippen molar-refractivity contribution in [3.63, 3.8) is 0 Å². The molecule has 214 valence electrons. The third-order valence-corrected chi connectivity index (χ3v) is 8.59. The van der Waals surface area contributed by atoms with Crippen LogP contribution in [0.15, 0.2) is 72.8 Å². The van der Waals surface area contributed by atoms with Gasteiger partial charge in [-0.3, -0.25) is 13.9 Å². The summed E-state index contributed by atoms with van der Waals surface area (Å²) in [6.45, 7) is 3.25. The van der Waals surface area contributed by atoms with Gasteiger partial charge < -0.3 is 10.2 Å². The fraction of sp³-hybridized carbons (Fsp3) is 0.310. The summed E-state index contributed by atoms with van der Waals surface area (Å²) in [5.74, 6) is -0.938. The zero-order chi connectivity index (χ0) is 29.4. The topological polar surface area (TPSA) is 86.8 Å². The number of nitrogens with one attached hydrogen (secondary N) is 1. The van der Waals surface area contributed by atoms with Crippen molar-refractivity contribution in [2.24, 2.45) is 0 Å². The van der Waals surface area contributed by atoms with Crippen LogP contribution in [0.4, 0.5) is 5.69 Å². The van der Waals surface area contributed by atoms with Crippen molar-refractivity contribution in [2.45, 2.75) is 45.3 Å². The van der Waals surface area contributed by atoms with Gasteiger partial charge in [0.15, 0.2) is 0 Å². The highest BCUT2D eigenvalue weighted by Crippen LogP contribution is 2.28. The van der Waals surface area contributed by atoms with Crippen LogP contribution in [0.1, 0.15) is 31.4 Å². The number of para-hydroxylation sites is 1. The van der Waals surface area contributed by atoms with Crippen LogP contribution < -0.4 is 9.62 Å². The van der Waals surface area contributed by atoms with Gasteiger partial charge in [-0.05, 0) is 48.7 Å². The van der Waals surface area contributed by atoms with Gasteiger partial charge in [-0.2, -0.15) is 0 Å². The lowest BCUT2D eigenvalue weighted by Gasteiger charge is -2.34. The number of rotatable bonds is 12. The lowest BCUT2D eigenvalue weighted by Crippen LogP contribution is -2.54. The maximum absolute atomic E-state index is 14.1. The van der Waals surface area contributed by atoms with E-state index in [1.807, 2.05) is 44.2 Å². The molecule has 0 spiro atoms. The molecule has 0 aliphatic heterocycles. The van der Waals surface area contributed by atoms with Gasteiger partial charge in [0.2, 0.25) is 21.8 Å².